The van der Waals surface area contributed by atoms with Gasteiger partial charge >= 0.3 is 0 Å². The molecule has 1 saturated heterocycles. The van der Waals surface area contributed by atoms with Gasteiger partial charge in [-0.1, -0.05) is 6.92 Å². The maximum atomic E-state index is 11.3. The first kappa shape index (κ1) is 14.5. The summed E-state index contributed by atoms with van der Waals surface area (Å²) in [6, 6.07) is 1.52. The van der Waals surface area contributed by atoms with Crippen LogP contribution in [0.3, 0.4) is 0 Å². The van der Waals surface area contributed by atoms with E-state index in [2.05, 4.69) is 25.7 Å². The Morgan fingerprint density at radius 1 is 1.53 bits per heavy atom. The average Bonchev–Trinajstić information content (AvgIpc) is 2.58. The molecule has 17 heavy (non-hydrogen) atoms. The molecule has 0 spiro atoms. The van der Waals surface area contributed by atoms with Crippen molar-refractivity contribution in [3.8, 4) is 0 Å². The van der Waals surface area contributed by atoms with E-state index in [9.17, 15) is 4.79 Å². The van der Waals surface area contributed by atoms with E-state index in [0.717, 1.165) is 6.42 Å². The monoisotopic (exact) mass is 241 g/mol. The Balaban J connectivity index is 2.69. The molecule has 1 heterocycles. The Hall–Kier alpha value is -0.610. The Morgan fingerprint density at radius 2 is 2.12 bits per heavy atom. The van der Waals surface area contributed by atoms with E-state index < -0.39 is 11.4 Å². The molecule has 0 aromatic carbocycles. The molecule has 1 fully saturated rings. The van der Waals surface area contributed by atoms with Crippen LogP contribution in [0.4, 0.5) is 0 Å². The van der Waals surface area contributed by atoms with Gasteiger partial charge in [-0.25, -0.2) is 0 Å². The van der Waals surface area contributed by atoms with Crippen molar-refractivity contribution in [3.05, 3.63) is 0 Å². The Labute approximate surface area is 105 Å². The molecule has 4 heteroatoms. The molecular formula is C13H27N3O. The van der Waals surface area contributed by atoms with Crippen molar-refractivity contribution in [3.63, 3.8) is 0 Å². The second-order valence-corrected chi connectivity index (χ2v) is 5.77. The van der Waals surface area contributed by atoms with Gasteiger partial charge in [0.1, 0.15) is 0 Å². The minimum atomic E-state index is -0.903. The fourth-order valence-electron chi connectivity index (χ4n) is 3.12. The average molecular weight is 241 g/mol. The molecule has 4 N–H and O–H groups in total. The normalized spacial score (nSPS) is 31.1. The number of carbonyl (C=O) groups excluding carboxylic acids is 1. The molecule has 0 radical (unpaired) electrons. The summed E-state index contributed by atoms with van der Waals surface area (Å²) in [7, 11) is 0. The summed E-state index contributed by atoms with van der Waals surface area (Å²) in [5.74, 6) is -0.413. The molecule has 100 valence electrons. The van der Waals surface area contributed by atoms with Crippen LogP contribution in [0.5, 0.6) is 0 Å². The molecule has 1 aliphatic heterocycles. The van der Waals surface area contributed by atoms with E-state index >= 15 is 0 Å². The van der Waals surface area contributed by atoms with Gasteiger partial charge in [-0.3, -0.25) is 9.69 Å². The third kappa shape index (κ3) is 3.19. The number of hydrogen-bond donors (Lipinski definition) is 2. The van der Waals surface area contributed by atoms with Gasteiger partial charge in [0.2, 0.25) is 5.91 Å². The summed E-state index contributed by atoms with van der Waals surface area (Å²) in [6.45, 7) is 8.36. The number of carbonyl (C=O) groups is 1. The maximum absolute atomic E-state index is 11.3. The van der Waals surface area contributed by atoms with Crippen LogP contribution in [0.15, 0.2) is 0 Å². The van der Waals surface area contributed by atoms with Crippen molar-refractivity contribution in [1.29, 1.82) is 0 Å². The van der Waals surface area contributed by atoms with Crippen molar-refractivity contribution in [2.75, 3.05) is 0 Å². The highest BCUT2D eigenvalue weighted by Gasteiger charge is 2.37. The first-order valence-corrected chi connectivity index (χ1v) is 6.65. The van der Waals surface area contributed by atoms with Gasteiger partial charge in [0.15, 0.2) is 0 Å². The second-order valence-electron chi connectivity index (χ2n) is 5.77. The largest absolute Gasteiger partial charge is 0.368 e. The standard InChI is InChI=1S/C13H27N3O/c1-5-11-7-6-9(2)16(11)10(3)8-13(4,15)12(14)17/h9-11H,5-8,15H2,1-4H3,(H2,14,17). The SMILES string of the molecule is CCC1CCC(C)N1C(C)CC(C)(N)C(N)=O. The number of rotatable bonds is 5. The van der Waals surface area contributed by atoms with Crippen molar-refractivity contribution in [2.24, 2.45) is 11.5 Å². The maximum Gasteiger partial charge on any atom is 0.237 e. The predicted octanol–water partition coefficient (Wildman–Crippen LogP) is 1.23. The van der Waals surface area contributed by atoms with Crippen LogP contribution in [0.25, 0.3) is 0 Å². The number of primary amides is 1. The molecule has 0 saturated carbocycles. The van der Waals surface area contributed by atoms with Gasteiger partial charge in [-0.2, -0.15) is 0 Å². The molecule has 0 aromatic heterocycles. The molecule has 0 aliphatic carbocycles. The topological polar surface area (TPSA) is 72.3 Å². The summed E-state index contributed by atoms with van der Waals surface area (Å²) in [5.41, 5.74) is 10.4. The van der Waals surface area contributed by atoms with E-state index in [1.807, 2.05) is 0 Å². The van der Waals surface area contributed by atoms with Crippen molar-refractivity contribution < 1.29 is 4.79 Å². The first-order chi connectivity index (χ1) is 7.79. The molecule has 4 nitrogen and oxygen atoms in total. The van der Waals surface area contributed by atoms with Crippen LogP contribution in [-0.4, -0.2) is 34.5 Å². The van der Waals surface area contributed by atoms with E-state index in [0.29, 0.717) is 24.5 Å². The summed E-state index contributed by atoms with van der Waals surface area (Å²) in [5, 5.41) is 0. The minimum absolute atomic E-state index is 0.306. The van der Waals surface area contributed by atoms with Crippen LogP contribution < -0.4 is 11.5 Å². The van der Waals surface area contributed by atoms with Gasteiger partial charge in [0, 0.05) is 18.1 Å². The number of likely N-dealkylation sites (tertiary alicyclic amines) is 1. The predicted molar refractivity (Wildman–Crippen MR) is 70.5 cm³/mol. The zero-order valence-electron chi connectivity index (χ0n) is 11.6. The van der Waals surface area contributed by atoms with Crippen LogP contribution in [-0.2, 0) is 4.79 Å². The van der Waals surface area contributed by atoms with Crippen molar-refractivity contribution in [1.82, 2.24) is 4.90 Å². The molecule has 0 bridgehead atoms. The van der Waals surface area contributed by atoms with Gasteiger partial charge in [-0.05, 0) is 46.5 Å². The van der Waals surface area contributed by atoms with Crippen LogP contribution in [0, 0.1) is 0 Å². The highest BCUT2D eigenvalue weighted by Crippen LogP contribution is 2.30. The summed E-state index contributed by atoms with van der Waals surface area (Å²) in [4.78, 5) is 13.8. The number of nitrogens with zero attached hydrogens (tertiary/aromatic N) is 1. The molecule has 4 unspecified atom stereocenters. The van der Waals surface area contributed by atoms with Crippen molar-refractivity contribution >= 4 is 5.91 Å². The van der Waals surface area contributed by atoms with Crippen LogP contribution >= 0.6 is 0 Å². The van der Waals surface area contributed by atoms with E-state index in [1.165, 1.54) is 12.8 Å². The highest BCUT2D eigenvalue weighted by molar-refractivity contribution is 5.83. The lowest BCUT2D eigenvalue weighted by Crippen LogP contribution is -2.54. The van der Waals surface area contributed by atoms with E-state index in [-0.39, 0.29) is 0 Å². The number of nitrogens with two attached hydrogens (primary N) is 2. The first-order valence-electron chi connectivity index (χ1n) is 6.65. The lowest BCUT2D eigenvalue weighted by Gasteiger charge is -2.37. The summed E-state index contributed by atoms with van der Waals surface area (Å²) < 4.78 is 0. The molecule has 0 aromatic rings. The lowest BCUT2D eigenvalue weighted by molar-refractivity contribution is -0.123. The fourth-order valence-corrected chi connectivity index (χ4v) is 3.12. The van der Waals surface area contributed by atoms with Crippen LogP contribution in [0.2, 0.25) is 0 Å². The Kier molecular flexibility index (Phi) is 4.55. The van der Waals surface area contributed by atoms with Gasteiger partial charge < -0.3 is 11.5 Å². The van der Waals surface area contributed by atoms with Crippen LogP contribution in [0.1, 0.15) is 53.4 Å². The van der Waals surface area contributed by atoms with E-state index in [1.54, 1.807) is 6.92 Å². The van der Waals surface area contributed by atoms with Gasteiger partial charge in [0.05, 0.1) is 5.54 Å². The second kappa shape index (κ2) is 5.36. The zero-order valence-corrected chi connectivity index (χ0v) is 11.6. The molecule has 1 rings (SSSR count). The van der Waals surface area contributed by atoms with Gasteiger partial charge in [-0.15, -0.1) is 0 Å². The summed E-state index contributed by atoms with van der Waals surface area (Å²) >= 11 is 0. The number of hydrogen-bond acceptors (Lipinski definition) is 3. The third-order valence-corrected chi connectivity index (χ3v) is 4.11. The van der Waals surface area contributed by atoms with Crippen molar-refractivity contribution in [2.45, 2.75) is 77.0 Å². The quantitative estimate of drug-likeness (QED) is 0.760. The Morgan fingerprint density at radius 3 is 2.59 bits per heavy atom. The molecule has 1 aliphatic rings. The fraction of sp³-hybridized carbons (Fsp3) is 0.923. The lowest BCUT2D eigenvalue weighted by atomic mass is 9.92. The smallest absolute Gasteiger partial charge is 0.237 e. The Bertz CT molecular complexity index is 278. The number of amides is 1. The minimum Gasteiger partial charge on any atom is -0.368 e. The highest BCUT2D eigenvalue weighted by atomic mass is 16.1. The third-order valence-electron chi connectivity index (χ3n) is 4.11. The van der Waals surface area contributed by atoms with Gasteiger partial charge in [0.25, 0.3) is 0 Å². The van der Waals surface area contributed by atoms with E-state index in [4.69, 9.17) is 11.5 Å². The molecule has 4 atom stereocenters. The summed E-state index contributed by atoms with van der Waals surface area (Å²) in [6.07, 6.45) is 4.27. The zero-order chi connectivity index (χ0) is 13.2. The molecule has 1 amide bonds. The molecular weight excluding hydrogens is 214 g/mol.